The minimum atomic E-state index is -0.481. The van der Waals surface area contributed by atoms with E-state index in [1.54, 1.807) is 18.2 Å². The van der Waals surface area contributed by atoms with Gasteiger partial charge in [0, 0.05) is 5.69 Å². The maximum Gasteiger partial charge on any atom is 0.287 e. The summed E-state index contributed by atoms with van der Waals surface area (Å²) in [6.07, 6.45) is 0. The molecule has 8 heteroatoms. The Kier molecular flexibility index (Phi) is 5.27. The highest BCUT2D eigenvalue weighted by molar-refractivity contribution is 9.10. The third kappa shape index (κ3) is 4.49. The lowest BCUT2D eigenvalue weighted by Crippen LogP contribution is -2.32. The second-order valence-electron chi connectivity index (χ2n) is 3.96. The second-order valence-corrected chi connectivity index (χ2v) is 5.56. The predicted molar refractivity (Wildman–Crippen MR) is 83.8 cm³/mol. The van der Waals surface area contributed by atoms with E-state index in [4.69, 9.17) is 27.6 Å². The Labute approximate surface area is 138 Å². The molecule has 0 aliphatic carbocycles. The molecule has 0 saturated carbocycles. The van der Waals surface area contributed by atoms with Crippen molar-refractivity contribution in [3.8, 4) is 0 Å². The van der Waals surface area contributed by atoms with Crippen molar-refractivity contribution in [1.29, 1.82) is 0 Å². The Morgan fingerprint density at radius 2 is 1.90 bits per heavy atom. The van der Waals surface area contributed by atoms with Gasteiger partial charge in [0.25, 0.3) is 5.91 Å². The molecule has 2 aromatic rings. The molecule has 0 fully saturated rings. The van der Waals surface area contributed by atoms with E-state index in [9.17, 15) is 9.59 Å². The van der Waals surface area contributed by atoms with Gasteiger partial charge in [-0.05, 0) is 46.3 Å². The average Bonchev–Trinajstić information content (AvgIpc) is 2.87. The number of rotatable bonds is 4. The first-order valence-corrected chi connectivity index (χ1v) is 7.29. The summed E-state index contributed by atoms with van der Waals surface area (Å²) in [5.74, 6) is -0.762. The molecule has 5 nitrogen and oxygen atoms in total. The summed E-state index contributed by atoms with van der Waals surface area (Å²) in [6, 6.07) is 7.78. The number of furan rings is 1. The van der Waals surface area contributed by atoms with E-state index in [2.05, 4.69) is 26.6 Å². The van der Waals surface area contributed by atoms with Gasteiger partial charge in [-0.3, -0.25) is 9.59 Å². The van der Waals surface area contributed by atoms with E-state index in [0.717, 1.165) is 0 Å². The first kappa shape index (κ1) is 15.9. The molecule has 2 rings (SSSR count). The molecule has 110 valence electrons. The largest absolute Gasteiger partial charge is 0.444 e. The summed E-state index contributed by atoms with van der Waals surface area (Å²) in [6.45, 7) is -0.197. The van der Waals surface area contributed by atoms with Crippen molar-refractivity contribution >= 4 is 56.6 Å². The van der Waals surface area contributed by atoms with Crippen molar-refractivity contribution in [2.24, 2.45) is 0 Å². The Morgan fingerprint density at radius 3 is 2.52 bits per heavy atom. The minimum Gasteiger partial charge on any atom is -0.444 e. The van der Waals surface area contributed by atoms with Crippen LogP contribution in [0.5, 0.6) is 0 Å². The van der Waals surface area contributed by atoms with Gasteiger partial charge in [0.1, 0.15) is 0 Å². The minimum absolute atomic E-state index is 0.115. The molecule has 1 aromatic heterocycles. The van der Waals surface area contributed by atoms with E-state index < -0.39 is 11.8 Å². The van der Waals surface area contributed by atoms with Crippen LogP contribution in [0, 0.1) is 0 Å². The molecule has 0 aliphatic heterocycles. The SMILES string of the molecule is O=C(CNC(=O)c1ccc(Br)o1)Nc1ccc(Cl)c(Cl)c1. The quantitative estimate of drug-likeness (QED) is 0.834. The van der Waals surface area contributed by atoms with Gasteiger partial charge in [-0.2, -0.15) is 0 Å². The van der Waals surface area contributed by atoms with Crippen molar-refractivity contribution in [2.45, 2.75) is 0 Å². The lowest BCUT2D eigenvalue weighted by atomic mass is 10.3. The lowest BCUT2D eigenvalue weighted by molar-refractivity contribution is -0.115. The van der Waals surface area contributed by atoms with Crippen molar-refractivity contribution in [1.82, 2.24) is 5.32 Å². The number of amides is 2. The molecule has 2 amide bonds. The van der Waals surface area contributed by atoms with Crippen LogP contribution in [0.2, 0.25) is 10.0 Å². The van der Waals surface area contributed by atoms with Gasteiger partial charge >= 0.3 is 0 Å². The van der Waals surface area contributed by atoms with Gasteiger partial charge in [0.15, 0.2) is 10.4 Å². The molecule has 0 radical (unpaired) electrons. The molecular weight excluding hydrogens is 383 g/mol. The van der Waals surface area contributed by atoms with Crippen LogP contribution in [-0.4, -0.2) is 18.4 Å². The Hall–Kier alpha value is -1.50. The van der Waals surface area contributed by atoms with Crippen LogP contribution in [0.1, 0.15) is 10.6 Å². The van der Waals surface area contributed by atoms with Crippen molar-refractivity contribution < 1.29 is 14.0 Å². The lowest BCUT2D eigenvalue weighted by Gasteiger charge is -2.07. The van der Waals surface area contributed by atoms with Gasteiger partial charge in [-0.25, -0.2) is 0 Å². The first-order chi connectivity index (χ1) is 9.95. The monoisotopic (exact) mass is 390 g/mol. The van der Waals surface area contributed by atoms with Gasteiger partial charge in [-0.15, -0.1) is 0 Å². The predicted octanol–water partition coefficient (Wildman–Crippen LogP) is 3.72. The van der Waals surface area contributed by atoms with Gasteiger partial charge in [0.05, 0.1) is 16.6 Å². The maximum absolute atomic E-state index is 11.7. The third-order valence-electron chi connectivity index (χ3n) is 2.41. The molecule has 21 heavy (non-hydrogen) atoms. The van der Waals surface area contributed by atoms with E-state index >= 15 is 0 Å². The van der Waals surface area contributed by atoms with Gasteiger partial charge in [0.2, 0.25) is 5.91 Å². The maximum atomic E-state index is 11.7. The zero-order valence-corrected chi connectivity index (χ0v) is 13.6. The molecule has 0 aliphatic rings. The highest BCUT2D eigenvalue weighted by Gasteiger charge is 2.12. The smallest absolute Gasteiger partial charge is 0.287 e. The number of nitrogens with one attached hydrogen (secondary N) is 2. The summed E-state index contributed by atoms with van der Waals surface area (Å²) >= 11 is 14.7. The summed E-state index contributed by atoms with van der Waals surface area (Å²) in [7, 11) is 0. The highest BCUT2D eigenvalue weighted by atomic mass is 79.9. The Morgan fingerprint density at radius 1 is 1.14 bits per heavy atom. The standard InChI is InChI=1S/C13H9BrCl2N2O3/c14-11-4-3-10(21-11)13(20)17-6-12(19)18-7-1-2-8(15)9(16)5-7/h1-5H,6H2,(H,17,20)(H,18,19). The fourth-order valence-corrected chi connectivity index (χ4v) is 2.07. The molecule has 0 bridgehead atoms. The number of benzene rings is 1. The van der Waals surface area contributed by atoms with Crippen molar-refractivity contribution in [3.05, 3.63) is 50.8 Å². The molecule has 2 N–H and O–H groups in total. The number of hydrogen-bond donors (Lipinski definition) is 2. The summed E-state index contributed by atoms with van der Waals surface area (Å²) < 4.78 is 5.50. The average molecular weight is 392 g/mol. The van der Waals surface area contributed by atoms with Crippen LogP contribution < -0.4 is 10.6 Å². The zero-order chi connectivity index (χ0) is 15.4. The Balaban J connectivity index is 1.87. The molecule has 0 saturated heterocycles. The molecule has 1 aromatic carbocycles. The van der Waals surface area contributed by atoms with Gasteiger partial charge < -0.3 is 15.1 Å². The topological polar surface area (TPSA) is 71.3 Å². The van der Waals surface area contributed by atoms with Crippen molar-refractivity contribution in [3.63, 3.8) is 0 Å². The Bertz CT molecular complexity index is 688. The summed E-state index contributed by atoms with van der Waals surface area (Å²) in [4.78, 5) is 23.4. The number of carbonyl (C=O) groups is 2. The normalized spacial score (nSPS) is 10.2. The molecular formula is C13H9BrCl2N2O3. The fourth-order valence-electron chi connectivity index (χ4n) is 1.46. The van der Waals surface area contributed by atoms with Crippen LogP contribution in [0.3, 0.4) is 0 Å². The number of anilines is 1. The summed E-state index contributed by atoms with van der Waals surface area (Å²) in [5, 5.41) is 5.75. The second kappa shape index (κ2) is 6.98. The number of carbonyl (C=O) groups excluding carboxylic acids is 2. The van der Waals surface area contributed by atoms with Crippen LogP contribution >= 0.6 is 39.1 Å². The van der Waals surface area contributed by atoms with Crippen molar-refractivity contribution in [2.75, 3.05) is 11.9 Å². The van der Waals surface area contributed by atoms with Crippen LogP contribution in [0.4, 0.5) is 5.69 Å². The van der Waals surface area contributed by atoms with E-state index in [1.165, 1.54) is 12.1 Å². The molecule has 0 spiro atoms. The highest BCUT2D eigenvalue weighted by Crippen LogP contribution is 2.24. The van der Waals surface area contributed by atoms with Crippen LogP contribution in [0.15, 0.2) is 39.4 Å². The number of hydrogen-bond acceptors (Lipinski definition) is 3. The molecule has 1 heterocycles. The van der Waals surface area contributed by atoms with E-state index in [-0.39, 0.29) is 12.3 Å². The van der Waals surface area contributed by atoms with E-state index in [0.29, 0.717) is 20.4 Å². The number of halogens is 3. The zero-order valence-electron chi connectivity index (χ0n) is 10.5. The third-order valence-corrected chi connectivity index (χ3v) is 3.58. The van der Waals surface area contributed by atoms with Gasteiger partial charge in [-0.1, -0.05) is 23.2 Å². The molecule has 0 unspecified atom stereocenters. The van der Waals surface area contributed by atoms with Crippen LogP contribution in [-0.2, 0) is 4.79 Å². The fraction of sp³-hybridized carbons (Fsp3) is 0.0769. The first-order valence-electron chi connectivity index (χ1n) is 5.74. The summed E-state index contributed by atoms with van der Waals surface area (Å²) in [5.41, 5.74) is 0.490. The van der Waals surface area contributed by atoms with E-state index in [1.807, 2.05) is 0 Å². The molecule has 0 atom stereocenters. The van der Waals surface area contributed by atoms with Crippen LogP contribution in [0.25, 0.3) is 0 Å².